The minimum atomic E-state index is -3.78. The molecule has 0 unspecified atom stereocenters. The molecule has 0 aromatic heterocycles. The van der Waals surface area contributed by atoms with E-state index in [9.17, 15) is 13.2 Å². The van der Waals surface area contributed by atoms with E-state index >= 15 is 0 Å². The van der Waals surface area contributed by atoms with Gasteiger partial charge in [0.15, 0.2) is 0 Å². The predicted molar refractivity (Wildman–Crippen MR) is 76.7 cm³/mol. The van der Waals surface area contributed by atoms with Gasteiger partial charge in [-0.25, -0.2) is 13.6 Å². The number of benzene rings is 1. The Bertz CT molecular complexity index is 605. The van der Waals surface area contributed by atoms with Gasteiger partial charge in [0.25, 0.3) is 5.91 Å². The zero-order valence-electron chi connectivity index (χ0n) is 11.6. The van der Waals surface area contributed by atoms with E-state index < -0.39 is 10.0 Å². The summed E-state index contributed by atoms with van der Waals surface area (Å²) in [5.74, 6) is -0.261. The fourth-order valence-electron chi connectivity index (χ4n) is 2.62. The number of hydrogen-bond donors (Lipinski definition) is 2. The highest BCUT2D eigenvalue weighted by Crippen LogP contribution is 2.36. The van der Waals surface area contributed by atoms with Crippen LogP contribution in [0.3, 0.4) is 0 Å². The molecule has 0 aliphatic heterocycles. The Balaban J connectivity index is 2.06. The molecule has 0 spiro atoms. The second-order valence-corrected chi connectivity index (χ2v) is 7.33. The minimum Gasteiger partial charge on any atom is -0.351 e. The van der Waals surface area contributed by atoms with E-state index in [0.717, 1.165) is 12.8 Å². The van der Waals surface area contributed by atoms with Crippen molar-refractivity contribution >= 4 is 15.9 Å². The molecule has 0 saturated heterocycles. The number of nitrogens with two attached hydrogens (primary N) is 1. The Morgan fingerprint density at radius 3 is 2.60 bits per heavy atom. The number of carbonyl (C=O) groups is 1. The molecule has 1 aromatic carbocycles. The third-order valence-electron chi connectivity index (χ3n) is 3.91. The molecular formula is C14H20N2O3S. The van der Waals surface area contributed by atoms with Gasteiger partial charge < -0.3 is 5.32 Å². The molecule has 1 aliphatic rings. The largest absolute Gasteiger partial charge is 0.351 e. The standard InChI is InChI=1S/C14H20N2O3S/c1-14(7-2-3-8-14)10-16-13(17)11-5-4-6-12(9-11)20(15,18)19/h4-6,9H,2-3,7-8,10H2,1H3,(H,16,17)(H2,15,18,19). The first kappa shape index (κ1) is 15.0. The van der Waals surface area contributed by atoms with Crippen molar-refractivity contribution in [3.63, 3.8) is 0 Å². The van der Waals surface area contributed by atoms with Gasteiger partial charge in [0.1, 0.15) is 0 Å². The molecule has 2 rings (SSSR count). The van der Waals surface area contributed by atoms with Crippen molar-refractivity contribution in [2.45, 2.75) is 37.5 Å². The zero-order valence-corrected chi connectivity index (χ0v) is 12.4. The van der Waals surface area contributed by atoms with Gasteiger partial charge in [0.05, 0.1) is 4.90 Å². The van der Waals surface area contributed by atoms with E-state index in [1.54, 1.807) is 6.07 Å². The number of hydrogen-bond acceptors (Lipinski definition) is 3. The molecule has 0 heterocycles. The van der Waals surface area contributed by atoms with Crippen molar-refractivity contribution in [3.8, 4) is 0 Å². The molecule has 5 nitrogen and oxygen atoms in total. The second kappa shape index (κ2) is 5.54. The van der Waals surface area contributed by atoms with Crippen molar-refractivity contribution in [2.24, 2.45) is 10.6 Å². The van der Waals surface area contributed by atoms with Crippen LogP contribution in [0, 0.1) is 5.41 Å². The minimum absolute atomic E-state index is 0.0442. The molecule has 110 valence electrons. The van der Waals surface area contributed by atoms with Gasteiger partial charge in [0, 0.05) is 12.1 Å². The fourth-order valence-corrected chi connectivity index (χ4v) is 3.17. The molecule has 6 heteroatoms. The Morgan fingerprint density at radius 1 is 1.35 bits per heavy atom. The summed E-state index contributed by atoms with van der Waals surface area (Å²) in [5, 5.41) is 7.95. The summed E-state index contributed by atoms with van der Waals surface area (Å²) in [5.41, 5.74) is 0.478. The highest BCUT2D eigenvalue weighted by Gasteiger charge is 2.29. The molecule has 1 saturated carbocycles. The van der Waals surface area contributed by atoms with Gasteiger partial charge >= 0.3 is 0 Å². The van der Waals surface area contributed by atoms with Crippen LogP contribution in [0.4, 0.5) is 0 Å². The average Bonchev–Trinajstić information content (AvgIpc) is 2.83. The smallest absolute Gasteiger partial charge is 0.251 e. The summed E-state index contributed by atoms with van der Waals surface area (Å²) >= 11 is 0. The first-order chi connectivity index (χ1) is 9.30. The van der Waals surface area contributed by atoms with Crippen LogP contribution < -0.4 is 10.5 Å². The summed E-state index contributed by atoms with van der Waals surface area (Å²) in [4.78, 5) is 12.0. The normalized spacial score (nSPS) is 17.9. The first-order valence-electron chi connectivity index (χ1n) is 6.71. The van der Waals surface area contributed by atoms with E-state index in [2.05, 4.69) is 12.2 Å². The molecule has 1 aliphatic carbocycles. The molecule has 0 radical (unpaired) electrons. The topological polar surface area (TPSA) is 89.3 Å². The molecule has 1 fully saturated rings. The van der Waals surface area contributed by atoms with Crippen molar-refractivity contribution in [1.82, 2.24) is 5.32 Å². The highest BCUT2D eigenvalue weighted by molar-refractivity contribution is 7.89. The van der Waals surface area contributed by atoms with Crippen molar-refractivity contribution in [2.75, 3.05) is 6.54 Å². The number of primary sulfonamides is 1. The predicted octanol–water partition coefficient (Wildman–Crippen LogP) is 1.64. The van der Waals surface area contributed by atoms with Crippen LogP contribution in [-0.2, 0) is 10.0 Å². The van der Waals surface area contributed by atoms with Gasteiger partial charge in [-0.15, -0.1) is 0 Å². The molecule has 0 atom stereocenters. The molecule has 3 N–H and O–H groups in total. The third-order valence-corrected chi connectivity index (χ3v) is 4.82. The van der Waals surface area contributed by atoms with Gasteiger partial charge in [-0.1, -0.05) is 25.8 Å². The van der Waals surface area contributed by atoms with Crippen molar-refractivity contribution in [3.05, 3.63) is 29.8 Å². The quantitative estimate of drug-likeness (QED) is 0.885. The maximum absolute atomic E-state index is 12.1. The van der Waals surface area contributed by atoms with Crippen LogP contribution in [-0.4, -0.2) is 20.9 Å². The average molecular weight is 296 g/mol. The number of rotatable bonds is 4. The molecule has 1 aromatic rings. The Kier molecular flexibility index (Phi) is 4.15. The van der Waals surface area contributed by atoms with E-state index in [0.29, 0.717) is 12.1 Å². The van der Waals surface area contributed by atoms with Crippen molar-refractivity contribution in [1.29, 1.82) is 0 Å². The lowest BCUT2D eigenvalue weighted by Gasteiger charge is -2.23. The van der Waals surface area contributed by atoms with E-state index in [4.69, 9.17) is 5.14 Å². The lowest BCUT2D eigenvalue weighted by Crippen LogP contribution is -2.34. The summed E-state index contributed by atoms with van der Waals surface area (Å²) in [6, 6.07) is 5.79. The molecule has 0 bridgehead atoms. The van der Waals surface area contributed by atoms with Crippen LogP contribution in [0.5, 0.6) is 0 Å². The van der Waals surface area contributed by atoms with E-state index in [-0.39, 0.29) is 16.2 Å². The number of amides is 1. The van der Waals surface area contributed by atoms with Crippen LogP contribution in [0.15, 0.2) is 29.2 Å². The molecular weight excluding hydrogens is 276 g/mol. The lowest BCUT2D eigenvalue weighted by molar-refractivity contribution is 0.0934. The van der Waals surface area contributed by atoms with Gasteiger partial charge in [-0.05, 0) is 36.5 Å². The summed E-state index contributed by atoms with van der Waals surface area (Å²) in [7, 11) is -3.78. The van der Waals surface area contributed by atoms with Crippen LogP contribution in [0.25, 0.3) is 0 Å². The summed E-state index contributed by atoms with van der Waals surface area (Å²) < 4.78 is 22.5. The van der Waals surface area contributed by atoms with E-state index in [1.807, 2.05) is 0 Å². The third kappa shape index (κ3) is 3.58. The lowest BCUT2D eigenvalue weighted by atomic mass is 9.89. The summed E-state index contributed by atoms with van der Waals surface area (Å²) in [6.45, 7) is 2.78. The van der Waals surface area contributed by atoms with Crippen molar-refractivity contribution < 1.29 is 13.2 Å². The Morgan fingerprint density at radius 2 is 2.00 bits per heavy atom. The first-order valence-corrected chi connectivity index (χ1v) is 8.26. The number of carbonyl (C=O) groups excluding carboxylic acids is 1. The van der Waals surface area contributed by atoms with Crippen LogP contribution in [0.2, 0.25) is 0 Å². The number of nitrogens with one attached hydrogen (secondary N) is 1. The maximum atomic E-state index is 12.1. The monoisotopic (exact) mass is 296 g/mol. The highest BCUT2D eigenvalue weighted by atomic mass is 32.2. The van der Waals surface area contributed by atoms with Gasteiger partial charge in [-0.2, -0.15) is 0 Å². The maximum Gasteiger partial charge on any atom is 0.251 e. The SMILES string of the molecule is CC1(CNC(=O)c2cccc(S(N)(=O)=O)c2)CCCC1. The van der Waals surface area contributed by atoms with E-state index in [1.165, 1.54) is 31.0 Å². The van der Waals surface area contributed by atoms with Crippen LogP contribution >= 0.6 is 0 Å². The zero-order chi connectivity index (χ0) is 14.8. The van der Waals surface area contributed by atoms with Gasteiger partial charge in [-0.3, -0.25) is 4.79 Å². The molecule has 1 amide bonds. The fraction of sp³-hybridized carbons (Fsp3) is 0.500. The Hall–Kier alpha value is -1.40. The van der Waals surface area contributed by atoms with Gasteiger partial charge in [0.2, 0.25) is 10.0 Å². The molecule has 20 heavy (non-hydrogen) atoms. The Labute approximate surface area is 119 Å². The number of sulfonamides is 1. The second-order valence-electron chi connectivity index (χ2n) is 5.77. The van der Waals surface area contributed by atoms with Crippen LogP contribution in [0.1, 0.15) is 43.0 Å². The summed E-state index contributed by atoms with van der Waals surface area (Å²) in [6.07, 6.45) is 4.63.